The first kappa shape index (κ1) is 27.4. The molecule has 3 N–H and O–H groups in total. The van der Waals surface area contributed by atoms with Gasteiger partial charge >= 0.3 is 0 Å². The summed E-state index contributed by atoms with van der Waals surface area (Å²) in [6.07, 6.45) is 7.40. The number of nitrogens with zero attached hydrogens (tertiary/aromatic N) is 5. The number of guanidine groups is 1. The van der Waals surface area contributed by atoms with Crippen molar-refractivity contribution in [2.75, 3.05) is 24.0 Å². The van der Waals surface area contributed by atoms with Gasteiger partial charge in [-0.25, -0.2) is 20.0 Å². The zero-order valence-electron chi connectivity index (χ0n) is 23.5. The van der Waals surface area contributed by atoms with Gasteiger partial charge in [-0.1, -0.05) is 29.4 Å². The van der Waals surface area contributed by atoms with E-state index in [1.807, 2.05) is 19.1 Å². The van der Waals surface area contributed by atoms with E-state index in [0.717, 1.165) is 37.1 Å². The standard InChI is InChI=1S/C30H37N7O3/c1-6-18-36-27(38)24-19-31-28(34-30(24,4)37(36)26-9-7-8-25(33-26)29(2,3)39)32-22-14-10-20(11-15-22)21-12-16-23(17-13-21)35-40-5/h6-11,14-15,19,21,39H,1,12-13,16-18H2,2-5H3,(H2,31,32,34). The lowest BCUT2D eigenvalue weighted by atomic mass is 9.83. The molecule has 0 bridgehead atoms. The summed E-state index contributed by atoms with van der Waals surface area (Å²) >= 11 is 0. The molecule has 1 aromatic heterocycles. The molecule has 210 valence electrons. The molecule has 40 heavy (non-hydrogen) atoms. The fourth-order valence-corrected chi connectivity index (χ4v) is 5.54. The molecular formula is C30H37N7O3. The highest BCUT2D eigenvalue weighted by molar-refractivity contribution is 6.05. The average molecular weight is 544 g/mol. The SMILES string of the molecule is C=CCN1C(=O)C2=CNC(Nc3ccc(C4CCC(=NOC)CC4)cc3)=NC2(C)N1c1cccc(C(C)(C)O)n1. The molecule has 0 spiro atoms. The highest BCUT2D eigenvalue weighted by Crippen LogP contribution is 2.41. The third-order valence-corrected chi connectivity index (χ3v) is 7.62. The van der Waals surface area contributed by atoms with Crippen LogP contribution >= 0.6 is 0 Å². The van der Waals surface area contributed by atoms with Crippen molar-refractivity contribution in [3.63, 3.8) is 0 Å². The van der Waals surface area contributed by atoms with E-state index in [9.17, 15) is 9.90 Å². The number of anilines is 2. The van der Waals surface area contributed by atoms with Crippen LogP contribution in [-0.4, -0.2) is 52.0 Å². The van der Waals surface area contributed by atoms with Crippen LogP contribution in [-0.2, 0) is 15.2 Å². The van der Waals surface area contributed by atoms with Crippen molar-refractivity contribution in [2.24, 2.45) is 10.1 Å². The number of rotatable bonds is 7. The van der Waals surface area contributed by atoms with Crippen LogP contribution in [0.4, 0.5) is 11.5 Å². The molecule has 2 fully saturated rings. The second kappa shape index (κ2) is 10.8. The van der Waals surface area contributed by atoms with Crippen molar-refractivity contribution in [3.05, 3.63) is 78.1 Å². The monoisotopic (exact) mass is 543 g/mol. The number of aliphatic hydroxyl groups is 1. The Kier molecular flexibility index (Phi) is 7.37. The Morgan fingerprint density at radius 3 is 2.62 bits per heavy atom. The number of hydrogen-bond donors (Lipinski definition) is 3. The number of aromatic nitrogens is 1. The normalized spacial score (nSPS) is 22.7. The first-order valence-electron chi connectivity index (χ1n) is 13.6. The van der Waals surface area contributed by atoms with Crippen LogP contribution in [0.3, 0.4) is 0 Å². The van der Waals surface area contributed by atoms with Crippen molar-refractivity contribution < 1.29 is 14.7 Å². The summed E-state index contributed by atoms with van der Waals surface area (Å²) in [7, 11) is 1.60. The van der Waals surface area contributed by atoms with Gasteiger partial charge in [-0.15, -0.1) is 6.58 Å². The molecule has 1 aliphatic carbocycles. The van der Waals surface area contributed by atoms with E-state index in [1.165, 1.54) is 5.56 Å². The predicted octanol–water partition coefficient (Wildman–Crippen LogP) is 4.39. The quantitative estimate of drug-likeness (QED) is 0.351. The molecule has 3 aliphatic rings. The van der Waals surface area contributed by atoms with Crippen molar-refractivity contribution in [1.29, 1.82) is 0 Å². The fraction of sp³-hybridized carbons (Fsp3) is 0.400. The maximum Gasteiger partial charge on any atom is 0.274 e. The number of hydrazine groups is 1. The second-order valence-electron chi connectivity index (χ2n) is 11.0. The van der Waals surface area contributed by atoms with Gasteiger partial charge in [0.05, 0.1) is 23.5 Å². The Bertz CT molecular complexity index is 1370. The lowest BCUT2D eigenvalue weighted by molar-refractivity contribution is -0.124. The maximum atomic E-state index is 13.5. The molecule has 2 aromatic rings. The molecular weight excluding hydrogens is 506 g/mol. The number of oxime groups is 1. The molecule has 1 aromatic carbocycles. The van der Waals surface area contributed by atoms with E-state index >= 15 is 0 Å². The molecule has 3 heterocycles. The van der Waals surface area contributed by atoms with Gasteiger partial charge in [0.15, 0.2) is 5.66 Å². The van der Waals surface area contributed by atoms with Crippen molar-refractivity contribution >= 4 is 29.1 Å². The maximum absolute atomic E-state index is 13.5. The van der Waals surface area contributed by atoms with Gasteiger partial charge in [0.25, 0.3) is 5.91 Å². The summed E-state index contributed by atoms with van der Waals surface area (Å²) in [5.74, 6) is 1.32. The number of aliphatic imine (C=N–C) groups is 1. The Hall–Kier alpha value is -4.18. The highest BCUT2D eigenvalue weighted by Gasteiger charge is 2.53. The van der Waals surface area contributed by atoms with E-state index in [1.54, 1.807) is 49.3 Å². The number of fused-ring (bicyclic) bond motifs is 1. The van der Waals surface area contributed by atoms with Gasteiger partial charge in [0.2, 0.25) is 5.96 Å². The first-order chi connectivity index (χ1) is 19.1. The Morgan fingerprint density at radius 1 is 1.25 bits per heavy atom. The Balaban J connectivity index is 1.39. The third kappa shape index (κ3) is 5.19. The van der Waals surface area contributed by atoms with Gasteiger partial charge in [0.1, 0.15) is 18.5 Å². The topological polar surface area (TPSA) is 115 Å². The van der Waals surface area contributed by atoms with Gasteiger partial charge in [-0.3, -0.25) is 4.79 Å². The number of carbonyl (C=O) groups is 1. The number of hydrogen-bond acceptors (Lipinski definition) is 9. The van der Waals surface area contributed by atoms with Crippen LogP contribution in [0, 0.1) is 0 Å². The molecule has 10 heteroatoms. The van der Waals surface area contributed by atoms with E-state index in [-0.39, 0.29) is 12.5 Å². The number of pyridine rings is 1. The minimum atomic E-state index is -1.14. The van der Waals surface area contributed by atoms with Crippen molar-refractivity contribution in [1.82, 2.24) is 15.3 Å². The van der Waals surface area contributed by atoms with Crippen molar-refractivity contribution in [2.45, 2.75) is 63.6 Å². The molecule has 1 saturated heterocycles. The Labute approximate surface area is 235 Å². The zero-order chi connectivity index (χ0) is 28.5. The van der Waals surface area contributed by atoms with Crippen LogP contribution in [0.2, 0.25) is 0 Å². The lowest BCUT2D eigenvalue weighted by Crippen LogP contribution is -2.51. The van der Waals surface area contributed by atoms with Gasteiger partial charge in [-0.2, -0.15) is 0 Å². The summed E-state index contributed by atoms with van der Waals surface area (Å²) in [6.45, 7) is 9.35. The first-order valence-corrected chi connectivity index (χ1v) is 13.6. The number of amides is 1. The van der Waals surface area contributed by atoms with Gasteiger partial charge in [0, 0.05) is 11.9 Å². The number of nitrogens with one attached hydrogen (secondary N) is 2. The summed E-state index contributed by atoms with van der Waals surface area (Å²) in [5, 5.41) is 24.5. The molecule has 0 radical (unpaired) electrons. The predicted molar refractivity (Wildman–Crippen MR) is 157 cm³/mol. The van der Waals surface area contributed by atoms with Gasteiger partial charge in [-0.05, 0) is 82.2 Å². The van der Waals surface area contributed by atoms with Crippen molar-refractivity contribution in [3.8, 4) is 0 Å². The molecule has 1 unspecified atom stereocenters. The molecule has 1 amide bonds. The van der Waals surface area contributed by atoms with Crippen LogP contribution in [0.5, 0.6) is 0 Å². The van der Waals surface area contributed by atoms with E-state index < -0.39 is 11.3 Å². The minimum absolute atomic E-state index is 0.191. The fourth-order valence-electron chi connectivity index (χ4n) is 5.54. The summed E-state index contributed by atoms with van der Waals surface area (Å²) in [6, 6.07) is 13.8. The van der Waals surface area contributed by atoms with E-state index in [2.05, 4.69) is 46.6 Å². The van der Waals surface area contributed by atoms with Crippen LogP contribution < -0.4 is 15.6 Å². The minimum Gasteiger partial charge on any atom is -0.399 e. The number of benzene rings is 1. The molecule has 2 aliphatic heterocycles. The lowest BCUT2D eigenvalue weighted by Gasteiger charge is -2.38. The summed E-state index contributed by atoms with van der Waals surface area (Å²) < 4.78 is 0. The molecule has 10 nitrogen and oxygen atoms in total. The highest BCUT2D eigenvalue weighted by atomic mass is 16.6. The van der Waals surface area contributed by atoms with Crippen LogP contribution in [0.25, 0.3) is 0 Å². The second-order valence-corrected chi connectivity index (χ2v) is 11.0. The largest absolute Gasteiger partial charge is 0.399 e. The molecule has 5 rings (SSSR count). The summed E-state index contributed by atoms with van der Waals surface area (Å²) in [5.41, 5.74) is 2.09. The summed E-state index contributed by atoms with van der Waals surface area (Å²) in [4.78, 5) is 28.1. The number of carbonyl (C=O) groups excluding carboxylic acids is 1. The van der Waals surface area contributed by atoms with Crippen LogP contribution in [0.15, 0.2) is 77.0 Å². The average Bonchev–Trinajstić information content (AvgIpc) is 3.15. The van der Waals surface area contributed by atoms with E-state index in [4.69, 9.17) is 14.8 Å². The molecule has 1 saturated carbocycles. The van der Waals surface area contributed by atoms with Crippen LogP contribution in [0.1, 0.15) is 63.6 Å². The third-order valence-electron chi connectivity index (χ3n) is 7.62. The molecule has 1 atom stereocenters. The van der Waals surface area contributed by atoms with E-state index in [0.29, 0.717) is 29.0 Å². The Morgan fingerprint density at radius 2 is 1.98 bits per heavy atom. The smallest absolute Gasteiger partial charge is 0.274 e. The zero-order valence-corrected chi connectivity index (χ0v) is 23.5. The van der Waals surface area contributed by atoms with Gasteiger partial charge < -0.3 is 20.6 Å².